The first-order chi connectivity index (χ1) is 16.2. The van der Waals surface area contributed by atoms with Crippen LogP contribution < -0.4 is 10.1 Å². The maximum Gasteiger partial charge on any atom is 0.338 e. The summed E-state index contributed by atoms with van der Waals surface area (Å²) in [6.45, 7) is 8.41. The Morgan fingerprint density at radius 3 is 2.41 bits per heavy atom. The molecule has 1 N–H and O–H groups in total. The Labute approximate surface area is 200 Å². The highest BCUT2D eigenvalue weighted by Gasteiger charge is 2.27. The van der Waals surface area contributed by atoms with Gasteiger partial charge in [-0.25, -0.2) is 9.18 Å². The van der Waals surface area contributed by atoms with Gasteiger partial charge in [-0.1, -0.05) is 31.2 Å². The molecule has 1 aliphatic heterocycles. The topological polar surface area (TPSA) is 47.6 Å². The second-order valence-corrected chi connectivity index (χ2v) is 9.16. The fourth-order valence-electron chi connectivity index (χ4n) is 4.59. The third-order valence-corrected chi connectivity index (χ3v) is 6.14. The molecule has 0 bridgehead atoms. The van der Waals surface area contributed by atoms with E-state index in [2.05, 4.69) is 39.1 Å². The molecule has 0 atom stereocenters. The number of benzene rings is 3. The zero-order valence-electron chi connectivity index (χ0n) is 20.3. The fraction of sp³-hybridized carbons (Fsp3) is 0.276. The molecule has 0 radical (unpaired) electrons. The second-order valence-electron chi connectivity index (χ2n) is 9.16. The summed E-state index contributed by atoms with van der Waals surface area (Å²) in [6.07, 6.45) is 3.07. The minimum Gasteiger partial charge on any atom is -0.496 e. The van der Waals surface area contributed by atoms with Crippen molar-refractivity contribution in [3.63, 3.8) is 0 Å². The van der Waals surface area contributed by atoms with Crippen molar-refractivity contribution in [1.82, 2.24) is 0 Å². The Bertz CT molecular complexity index is 1260. The molecule has 176 valence electrons. The Balaban J connectivity index is 1.78. The summed E-state index contributed by atoms with van der Waals surface area (Å²) in [5.74, 6) is -0.335. The van der Waals surface area contributed by atoms with Gasteiger partial charge in [0.1, 0.15) is 18.2 Å². The van der Waals surface area contributed by atoms with Gasteiger partial charge in [0.05, 0.1) is 18.2 Å². The standard InChI is InChI=1S/C29H30FNO3/c1-6-19-7-9-20(10-8-19)28(32)34-17-24-22(23-12-11-21(30)15-26(23)33-5)13-14-25-27(24)18(2)16-29(3,4)31-25/h7-16,31H,6,17H2,1-5H3. The third-order valence-electron chi connectivity index (χ3n) is 6.14. The summed E-state index contributed by atoms with van der Waals surface area (Å²) in [5.41, 5.74) is 6.91. The molecule has 0 fully saturated rings. The lowest BCUT2D eigenvalue weighted by molar-refractivity contribution is 0.0473. The highest BCUT2D eigenvalue weighted by molar-refractivity contribution is 5.91. The van der Waals surface area contributed by atoms with Gasteiger partial charge in [-0.15, -0.1) is 0 Å². The van der Waals surface area contributed by atoms with Crippen molar-refractivity contribution in [2.75, 3.05) is 12.4 Å². The molecule has 0 aromatic heterocycles. The van der Waals surface area contributed by atoms with Crippen LogP contribution in [0.4, 0.5) is 10.1 Å². The lowest BCUT2D eigenvalue weighted by Gasteiger charge is -2.33. The minimum atomic E-state index is -0.386. The molecular weight excluding hydrogens is 429 g/mol. The number of nitrogens with one attached hydrogen (secondary N) is 1. The zero-order valence-corrected chi connectivity index (χ0v) is 20.3. The number of hydrogen-bond donors (Lipinski definition) is 1. The van der Waals surface area contributed by atoms with Crippen molar-refractivity contribution < 1.29 is 18.7 Å². The SMILES string of the molecule is CCc1ccc(C(=O)OCc2c(-c3ccc(F)cc3OC)ccc3c2C(C)=CC(C)(C)N3)cc1. The van der Waals surface area contributed by atoms with E-state index in [1.807, 2.05) is 24.3 Å². The average molecular weight is 460 g/mol. The third kappa shape index (κ3) is 4.69. The van der Waals surface area contributed by atoms with Crippen molar-refractivity contribution >= 4 is 17.2 Å². The van der Waals surface area contributed by atoms with E-state index >= 15 is 0 Å². The van der Waals surface area contributed by atoms with Gasteiger partial charge >= 0.3 is 5.97 Å². The number of methoxy groups -OCH3 is 1. The van der Waals surface area contributed by atoms with Gasteiger partial charge in [0.2, 0.25) is 0 Å². The molecule has 0 aliphatic carbocycles. The van der Waals surface area contributed by atoms with E-state index in [4.69, 9.17) is 9.47 Å². The predicted molar refractivity (Wildman–Crippen MR) is 135 cm³/mol. The van der Waals surface area contributed by atoms with Gasteiger partial charge in [0.25, 0.3) is 0 Å². The number of esters is 1. The summed E-state index contributed by atoms with van der Waals surface area (Å²) in [6, 6.07) is 15.9. The largest absolute Gasteiger partial charge is 0.496 e. The van der Waals surface area contributed by atoms with Crippen LogP contribution in [0.2, 0.25) is 0 Å². The number of aryl methyl sites for hydroxylation is 1. The highest BCUT2D eigenvalue weighted by atomic mass is 19.1. The molecule has 5 heteroatoms. The highest BCUT2D eigenvalue weighted by Crippen LogP contribution is 2.42. The van der Waals surface area contributed by atoms with Crippen molar-refractivity contribution in [1.29, 1.82) is 0 Å². The smallest absolute Gasteiger partial charge is 0.338 e. The molecule has 4 rings (SSSR count). The zero-order chi connectivity index (χ0) is 24.5. The van der Waals surface area contributed by atoms with E-state index in [1.165, 1.54) is 19.2 Å². The second kappa shape index (κ2) is 9.34. The Morgan fingerprint density at radius 2 is 1.74 bits per heavy atom. The molecule has 0 saturated heterocycles. The number of hydrogen-bond acceptors (Lipinski definition) is 4. The summed E-state index contributed by atoms with van der Waals surface area (Å²) in [5, 5.41) is 3.55. The summed E-state index contributed by atoms with van der Waals surface area (Å²) in [4.78, 5) is 12.9. The monoisotopic (exact) mass is 459 g/mol. The minimum absolute atomic E-state index is 0.0701. The molecule has 0 spiro atoms. The number of fused-ring (bicyclic) bond motifs is 1. The first-order valence-electron chi connectivity index (χ1n) is 11.5. The van der Waals surface area contributed by atoms with Crippen LogP contribution in [0, 0.1) is 5.82 Å². The van der Waals surface area contributed by atoms with Gasteiger partial charge in [-0.2, -0.15) is 0 Å². The van der Waals surface area contributed by atoms with Crippen LogP contribution in [0.3, 0.4) is 0 Å². The molecule has 1 heterocycles. The molecule has 0 amide bonds. The average Bonchev–Trinajstić information content (AvgIpc) is 2.81. The van der Waals surface area contributed by atoms with Gasteiger partial charge in [-0.05, 0) is 74.2 Å². The van der Waals surface area contributed by atoms with E-state index in [0.29, 0.717) is 11.3 Å². The Hall–Kier alpha value is -3.60. The van der Waals surface area contributed by atoms with Crippen molar-refractivity contribution in [3.8, 4) is 16.9 Å². The first kappa shape index (κ1) is 23.6. The van der Waals surface area contributed by atoms with Crippen LogP contribution in [-0.4, -0.2) is 18.6 Å². The number of anilines is 1. The summed E-state index contributed by atoms with van der Waals surface area (Å²) < 4.78 is 25.2. The molecule has 0 saturated carbocycles. The molecule has 34 heavy (non-hydrogen) atoms. The fourth-order valence-corrected chi connectivity index (χ4v) is 4.59. The van der Waals surface area contributed by atoms with E-state index in [9.17, 15) is 9.18 Å². The Kier molecular flexibility index (Phi) is 6.47. The predicted octanol–water partition coefficient (Wildman–Crippen LogP) is 7.03. The van der Waals surface area contributed by atoms with Crippen LogP contribution in [0.25, 0.3) is 16.7 Å². The Morgan fingerprint density at radius 1 is 1.03 bits per heavy atom. The van der Waals surface area contributed by atoms with Gasteiger partial charge in [-0.3, -0.25) is 0 Å². The van der Waals surface area contributed by atoms with Crippen LogP contribution in [0.1, 0.15) is 54.7 Å². The number of carbonyl (C=O) groups is 1. The summed E-state index contributed by atoms with van der Waals surface area (Å²) in [7, 11) is 1.52. The number of ether oxygens (including phenoxy) is 2. The van der Waals surface area contributed by atoms with Crippen molar-refractivity contribution in [2.45, 2.75) is 46.3 Å². The summed E-state index contributed by atoms with van der Waals surface area (Å²) >= 11 is 0. The molecule has 1 aliphatic rings. The number of halogens is 1. The molecular formula is C29H30FNO3. The van der Waals surface area contributed by atoms with E-state index in [1.54, 1.807) is 18.2 Å². The van der Waals surface area contributed by atoms with E-state index in [0.717, 1.165) is 45.5 Å². The molecule has 3 aromatic carbocycles. The maximum atomic E-state index is 13.9. The van der Waals surface area contributed by atoms with Crippen molar-refractivity contribution in [3.05, 3.63) is 88.7 Å². The van der Waals surface area contributed by atoms with Gasteiger partial charge in [0, 0.05) is 28.4 Å². The maximum absolute atomic E-state index is 13.9. The normalized spacial score (nSPS) is 14.0. The van der Waals surface area contributed by atoms with E-state index < -0.39 is 0 Å². The van der Waals surface area contributed by atoms with E-state index in [-0.39, 0.29) is 23.9 Å². The first-order valence-corrected chi connectivity index (χ1v) is 11.5. The number of carbonyl (C=O) groups excluding carboxylic acids is 1. The number of rotatable bonds is 6. The van der Waals surface area contributed by atoms with Crippen LogP contribution >= 0.6 is 0 Å². The van der Waals surface area contributed by atoms with Gasteiger partial charge < -0.3 is 14.8 Å². The molecule has 0 unspecified atom stereocenters. The lowest BCUT2D eigenvalue weighted by atomic mass is 9.85. The van der Waals surface area contributed by atoms with Crippen molar-refractivity contribution in [2.24, 2.45) is 0 Å². The quantitative estimate of drug-likeness (QED) is 0.402. The molecule has 4 nitrogen and oxygen atoms in total. The van der Waals surface area contributed by atoms with Crippen LogP contribution in [0.5, 0.6) is 5.75 Å². The lowest BCUT2D eigenvalue weighted by Crippen LogP contribution is -2.32. The number of allylic oxidation sites excluding steroid dienone is 1. The van der Waals surface area contributed by atoms with Crippen LogP contribution in [-0.2, 0) is 17.8 Å². The van der Waals surface area contributed by atoms with Gasteiger partial charge in [0.15, 0.2) is 0 Å². The molecule has 3 aromatic rings. The van der Waals surface area contributed by atoms with Crippen LogP contribution in [0.15, 0.2) is 60.7 Å².